The number of hydrogen-bond donors (Lipinski definition) is 0. The van der Waals surface area contributed by atoms with E-state index in [-0.39, 0.29) is 28.4 Å². The molecule has 4 aromatic carbocycles. The van der Waals surface area contributed by atoms with Crippen molar-refractivity contribution in [2.45, 2.75) is 18.9 Å². The summed E-state index contributed by atoms with van der Waals surface area (Å²) in [5.41, 5.74) is 2.94. The minimum absolute atomic E-state index is 0.187. The van der Waals surface area contributed by atoms with Gasteiger partial charge in [-0.15, -0.1) is 0 Å². The van der Waals surface area contributed by atoms with Crippen LogP contribution in [0.2, 0.25) is 0 Å². The van der Waals surface area contributed by atoms with Crippen LogP contribution in [0, 0.1) is 5.82 Å². The molecule has 1 aliphatic carbocycles. The largest absolute Gasteiger partial charge is 0.454 e. The zero-order valence-corrected chi connectivity index (χ0v) is 18.1. The average molecular weight is 440 g/mol. The summed E-state index contributed by atoms with van der Waals surface area (Å²) in [5.74, 6) is -0.530. The number of esters is 1. The third kappa shape index (κ3) is 3.10. The Kier molecular flexibility index (Phi) is 4.54. The van der Waals surface area contributed by atoms with Crippen molar-refractivity contribution < 1.29 is 13.9 Å². The van der Waals surface area contributed by atoms with Crippen LogP contribution in [0.15, 0.2) is 91.0 Å². The number of hydrogen-bond acceptors (Lipinski definition) is 2. The van der Waals surface area contributed by atoms with Gasteiger partial charge in [0.05, 0.1) is 5.56 Å². The maximum atomic E-state index is 13.5. The lowest BCUT2D eigenvalue weighted by Crippen LogP contribution is -2.09. The molecule has 1 heterocycles. The van der Waals surface area contributed by atoms with E-state index in [4.69, 9.17) is 4.74 Å². The van der Waals surface area contributed by atoms with Crippen LogP contribution in [0.25, 0.3) is 25.1 Å². The van der Waals surface area contributed by atoms with Gasteiger partial charge in [-0.2, -0.15) is 0 Å². The first kappa shape index (κ1) is 19.2. The van der Waals surface area contributed by atoms with E-state index in [0.717, 1.165) is 38.8 Å². The van der Waals surface area contributed by atoms with Crippen LogP contribution >= 0.6 is 10.5 Å². The van der Waals surface area contributed by atoms with Crippen LogP contribution in [0.4, 0.5) is 4.39 Å². The monoisotopic (exact) mass is 439 g/mol. The summed E-state index contributed by atoms with van der Waals surface area (Å²) in [7, 11) is -0.323. The number of fused-ring (bicyclic) bond motifs is 4. The zero-order chi connectivity index (χ0) is 21.7. The first-order valence-electron chi connectivity index (χ1n) is 10.7. The molecule has 156 valence electrons. The minimum Gasteiger partial charge on any atom is -0.454 e. The number of thiophene rings is 1. The number of ether oxygens (including phenoxy) is 1. The third-order valence-electron chi connectivity index (χ3n) is 6.21. The van der Waals surface area contributed by atoms with Gasteiger partial charge in [-0.05, 0) is 66.4 Å². The van der Waals surface area contributed by atoms with E-state index in [1.807, 2.05) is 60.7 Å². The second-order valence-corrected chi connectivity index (χ2v) is 10.1. The second-order valence-electron chi connectivity index (χ2n) is 8.10. The lowest BCUT2D eigenvalue weighted by Gasteiger charge is -2.13. The van der Waals surface area contributed by atoms with Crippen LogP contribution < -0.4 is 0 Å². The predicted octanol–water partition coefficient (Wildman–Crippen LogP) is 7.71. The molecule has 1 aromatic heterocycles. The van der Waals surface area contributed by atoms with Crippen molar-refractivity contribution in [1.82, 2.24) is 0 Å². The molecule has 32 heavy (non-hydrogen) atoms. The fourth-order valence-electron chi connectivity index (χ4n) is 4.69. The van der Waals surface area contributed by atoms with Crippen molar-refractivity contribution in [3.8, 4) is 4.90 Å². The Bertz CT molecular complexity index is 1480. The van der Waals surface area contributed by atoms with E-state index in [9.17, 15) is 9.18 Å². The van der Waals surface area contributed by atoms with Crippen molar-refractivity contribution in [2.24, 2.45) is 0 Å². The smallest absolute Gasteiger partial charge is 0.338 e. The molecule has 0 aliphatic heterocycles. The van der Waals surface area contributed by atoms with Gasteiger partial charge in [-0.1, -0.05) is 36.4 Å². The topological polar surface area (TPSA) is 26.3 Å². The van der Waals surface area contributed by atoms with E-state index in [1.165, 1.54) is 22.4 Å². The van der Waals surface area contributed by atoms with Crippen molar-refractivity contribution >= 4 is 36.6 Å². The highest BCUT2D eigenvalue weighted by molar-refractivity contribution is 7.50. The number of rotatable bonds is 3. The van der Waals surface area contributed by atoms with Gasteiger partial charge in [0.15, 0.2) is 14.3 Å². The Morgan fingerprint density at radius 2 is 1.59 bits per heavy atom. The molecule has 2 unspecified atom stereocenters. The number of aryl methyl sites for hydroxylation is 1. The van der Waals surface area contributed by atoms with Crippen LogP contribution in [-0.2, 0) is 11.2 Å². The van der Waals surface area contributed by atoms with Crippen molar-refractivity contribution in [1.29, 1.82) is 0 Å². The normalized spacial score (nSPS) is 15.8. The molecule has 6 rings (SSSR count). The summed E-state index contributed by atoms with van der Waals surface area (Å²) in [6.45, 7) is 0. The Hall–Kier alpha value is -3.50. The van der Waals surface area contributed by atoms with Gasteiger partial charge in [-0.3, -0.25) is 0 Å². The summed E-state index contributed by atoms with van der Waals surface area (Å²) in [5, 5.41) is 2.17. The van der Waals surface area contributed by atoms with Gasteiger partial charge in [0.25, 0.3) is 0 Å². The molecular formula is C28H20FO2S+. The SMILES string of the molecule is O=C(OC1CCc2ccccc21)c1ccc2c(c1)c1ccccc1[s+]2-c1ccc(F)cc1. The molecule has 0 saturated heterocycles. The third-order valence-corrected chi connectivity index (χ3v) is 8.54. The molecule has 4 heteroatoms. The van der Waals surface area contributed by atoms with Gasteiger partial charge in [0, 0.05) is 33.4 Å². The standard InChI is InChI=1S/C28H20FO2S/c29-20-11-13-21(14-12-20)32-26-8-4-3-7-23(26)24-17-19(10-16-27(24)32)28(30)31-25-15-9-18-5-1-2-6-22(18)25/h1-8,10-14,16-17,25H,9,15H2/q+1. The Morgan fingerprint density at radius 1 is 0.844 bits per heavy atom. The van der Waals surface area contributed by atoms with E-state index in [1.54, 1.807) is 0 Å². The Morgan fingerprint density at radius 3 is 2.47 bits per heavy atom. The highest BCUT2D eigenvalue weighted by Crippen LogP contribution is 2.48. The maximum Gasteiger partial charge on any atom is 0.338 e. The first-order valence-corrected chi connectivity index (χ1v) is 11.9. The molecule has 0 radical (unpaired) electrons. The fraction of sp³-hybridized carbons (Fsp3) is 0.107. The molecule has 0 amide bonds. The van der Waals surface area contributed by atoms with Gasteiger partial charge in [0.2, 0.25) is 0 Å². The quantitative estimate of drug-likeness (QED) is 0.212. The van der Waals surface area contributed by atoms with E-state index in [0.29, 0.717) is 5.56 Å². The van der Waals surface area contributed by atoms with Gasteiger partial charge >= 0.3 is 5.97 Å². The van der Waals surface area contributed by atoms with E-state index >= 15 is 0 Å². The van der Waals surface area contributed by atoms with Crippen molar-refractivity contribution in [3.63, 3.8) is 0 Å². The van der Waals surface area contributed by atoms with E-state index in [2.05, 4.69) is 18.2 Å². The molecule has 2 atom stereocenters. The van der Waals surface area contributed by atoms with E-state index < -0.39 is 0 Å². The summed E-state index contributed by atoms with van der Waals surface area (Å²) in [4.78, 5) is 14.1. The molecule has 0 spiro atoms. The zero-order valence-electron chi connectivity index (χ0n) is 17.3. The summed E-state index contributed by atoms with van der Waals surface area (Å²) < 4.78 is 21.8. The molecule has 5 aromatic rings. The highest BCUT2D eigenvalue weighted by Gasteiger charge is 2.28. The lowest BCUT2D eigenvalue weighted by molar-refractivity contribution is 0.0301. The van der Waals surface area contributed by atoms with Gasteiger partial charge in [-0.25, -0.2) is 9.18 Å². The van der Waals surface area contributed by atoms with Crippen LogP contribution in [0.5, 0.6) is 0 Å². The fourth-order valence-corrected chi connectivity index (χ4v) is 7.05. The molecular weight excluding hydrogens is 419 g/mol. The molecule has 1 aliphatic rings. The molecule has 0 saturated carbocycles. The van der Waals surface area contributed by atoms with Crippen LogP contribution in [-0.4, -0.2) is 5.97 Å². The first-order chi connectivity index (χ1) is 15.7. The van der Waals surface area contributed by atoms with Gasteiger partial charge in [0.1, 0.15) is 11.9 Å². The predicted molar refractivity (Wildman–Crippen MR) is 128 cm³/mol. The summed E-state index contributed by atoms with van der Waals surface area (Å²) in [6.07, 6.45) is 1.58. The second kappa shape index (κ2) is 7.57. The molecule has 0 bridgehead atoms. The number of benzene rings is 4. The minimum atomic E-state index is -0.323. The Labute approximate surface area is 187 Å². The number of carbonyl (C=O) groups excluding carboxylic acids is 1. The molecule has 2 nitrogen and oxygen atoms in total. The summed E-state index contributed by atoms with van der Waals surface area (Å²) in [6, 6.07) is 29.0. The average Bonchev–Trinajstić information content (AvgIpc) is 3.38. The molecule has 0 N–H and O–H groups in total. The van der Waals surface area contributed by atoms with Crippen molar-refractivity contribution in [2.75, 3.05) is 0 Å². The number of carbonyl (C=O) groups is 1. The lowest BCUT2D eigenvalue weighted by atomic mass is 10.1. The highest BCUT2D eigenvalue weighted by atomic mass is 32.2. The molecule has 0 fully saturated rings. The van der Waals surface area contributed by atoms with Crippen molar-refractivity contribution in [3.05, 3.63) is 114 Å². The van der Waals surface area contributed by atoms with Crippen LogP contribution in [0.1, 0.15) is 34.0 Å². The number of halogens is 1. The Balaban J connectivity index is 1.42. The van der Waals surface area contributed by atoms with Crippen LogP contribution in [0.3, 0.4) is 0 Å². The van der Waals surface area contributed by atoms with Gasteiger partial charge < -0.3 is 4.74 Å². The summed E-state index contributed by atoms with van der Waals surface area (Å²) >= 11 is 0. The maximum absolute atomic E-state index is 13.5.